The Balaban J connectivity index is 1.79. The lowest BCUT2D eigenvalue weighted by Crippen LogP contribution is -2.32. The van der Waals surface area contributed by atoms with Gasteiger partial charge in [0.25, 0.3) is 0 Å². The number of nitrogens with one attached hydrogen (secondary N) is 1. The zero-order valence-corrected chi connectivity index (χ0v) is 18.6. The van der Waals surface area contributed by atoms with Gasteiger partial charge in [0, 0.05) is 5.02 Å². The zero-order chi connectivity index (χ0) is 23.1. The van der Waals surface area contributed by atoms with Gasteiger partial charge >= 0.3 is 6.09 Å². The highest BCUT2D eigenvalue weighted by atomic mass is 35.5. The summed E-state index contributed by atoms with van der Waals surface area (Å²) in [6, 6.07) is 19.8. The predicted molar refractivity (Wildman–Crippen MR) is 123 cm³/mol. The highest BCUT2D eigenvalue weighted by Crippen LogP contribution is 2.33. The maximum Gasteiger partial charge on any atom is 0.411 e. The number of carboxylic acid groups (broad SMARTS) is 1. The molecule has 0 aliphatic rings. The molecular weight excluding hydrogens is 430 g/mol. The Morgan fingerprint density at radius 3 is 2.34 bits per heavy atom. The summed E-state index contributed by atoms with van der Waals surface area (Å²) in [5, 5.41) is 11.3. The van der Waals surface area contributed by atoms with Crippen LogP contribution < -0.4 is 14.8 Å². The first-order valence-electron chi connectivity index (χ1n) is 10.2. The number of rotatable bonds is 8. The summed E-state index contributed by atoms with van der Waals surface area (Å²) in [7, 11) is 0. The third kappa shape index (κ3) is 6.25. The maximum atomic E-state index is 12.0. The number of halogens is 1. The van der Waals surface area contributed by atoms with Crippen LogP contribution in [0.25, 0.3) is 0 Å². The van der Waals surface area contributed by atoms with Crippen molar-refractivity contribution in [1.29, 1.82) is 0 Å². The van der Waals surface area contributed by atoms with Crippen molar-refractivity contribution in [2.45, 2.75) is 32.6 Å². The molecule has 166 valence electrons. The Morgan fingerprint density at radius 2 is 1.66 bits per heavy atom. The van der Waals surface area contributed by atoms with Crippen LogP contribution in [0.4, 0.5) is 4.79 Å². The number of benzene rings is 3. The van der Waals surface area contributed by atoms with Crippen molar-refractivity contribution in [2.24, 2.45) is 0 Å². The molecule has 32 heavy (non-hydrogen) atoms. The molecule has 1 unspecified atom stereocenters. The largest absolute Gasteiger partial charge is 0.465 e. The van der Waals surface area contributed by atoms with E-state index in [9.17, 15) is 9.59 Å². The van der Waals surface area contributed by atoms with Crippen LogP contribution >= 0.6 is 11.6 Å². The second-order valence-electron chi connectivity index (χ2n) is 7.27. The summed E-state index contributed by atoms with van der Waals surface area (Å²) in [4.78, 5) is 22.8. The average molecular weight is 454 g/mol. The number of carbonyl (C=O) groups excluding carboxylic acids is 1. The van der Waals surface area contributed by atoms with Crippen molar-refractivity contribution >= 4 is 23.6 Å². The van der Waals surface area contributed by atoms with Crippen LogP contribution in [0.5, 0.6) is 23.0 Å². The summed E-state index contributed by atoms with van der Waals surface area (Å²) in [5.74, 6) is 1.39. The van der Waals surface area contributed by atoms with Crippen LogP contribution in [0.15, 0.2) is 66.7 Å². The molecule has 0 saturated carbocycles. The fourth-order valence-electron chi connectivity index (χ4n) is 3.16. The van der Waals surface area contributed by atoms with E-state index in [-0.39, 0.29) is 0 Å². The molecule has 0 heterocycles. The van der Waals surface area contributed by atoms with Gasteiger partial charge in [-0.1, -0.05) is 37.1 Å². The lowest BCUT2D eigenvalue weighted by Gasteiger charge is -2.15. The van der Waals surface area contributed by atoms with Crippen LogP contribution in [-0.4, -0.2) is 17.1 Å². The molecule has 3 aromatic carbocycles. The molecule has 0 fully saturated rings. The standard InChI is InChI=1S/C25H24ClNO5/c1-3-5-18-15-22(31-20-10-8-19(26)9-11-20)12-13-23(18)32-21-7-4-6-17(14-21)16(2)24(28)27-25(29)30/h4,6-16H,3,5H2,1-2H3,(H,27,28)(H,29,30). The van der Waals surface area contributed by atoms with E-state index < -0.39 is 17.9 Å². The van der Waals surface area contributed by atoms with Gasteiger partial charge in [-0.25, -0.2) is 4.79 Å². The number of ether oxygens (including phenoxy) is 2. The molecule has 0 spiro atoms. The number of hydrogen-bond donors (Lipinski definition) is 2. The summed E-state index contributed by atoms with van der Waals surface area (Å²) in [6.45, 7) is 3.72. The second kappa shape index (κ2) is 10.7. The molecule has 3 rings (SSSR count). The van der Waals surface area contributed by atoms with Gasteiger partial charge in [0.1, 0.15) is 23.0 Å². The van der Waals surface area contributed by atoms with Crippen molar-refractivity contribution in [3.63, 3.8) is 0 Å². The van der Waals surface area contributed by atoms with Crippen molar-refractivity contribution in [3.8, 4) is 23.0 Å². The van der Waals surface area contributed by atoms with Gasteiger partial charge in [0.05, 0.1) is 5.92 Å². The van der Waals surface area contributed by atoms with Crippen molar-refractivity contribution in [3.05, 3.63) is 82.9 Å². The molecule has 0 bridgehead atoms. The Bertz CT molecular complexity index is 1100. The van der Waals surface area contributed by atoms with Crippen molar-refractivity contribution in [2.75, 3.05) is 0 Å². The van der Waals surface area contributed by atoms with E-state index in [2.05, 4.69) is 6.92 Å². The number of hydrogen-bond acceptors (Lipinski definition) is 4. The normalized spacial score (nSPS) is 11.5. The van der Waals surface area contributed by atoms with Crippen LogP contribution in [-0.2, 0) is 11.2 Å². The van der Waals surface area contributed by atoms with E-state index in [0.717, 1.165) is 18.4 Å². The minimum atomic E-state index is -1.38. The summed E-state index contributed by atoms with van der Waals surface area (Å²) < 4.78 is 12.0. The van der Waals surface area contributed by atoms with Gasteiger partial charge in [-0.2, -0.15) is 0 Å². The summed E-state index contributed by atoms with van der Waals surface area (Å²) >= 11 is 5.93. The summed E-state index contributed by atoms with van der Waals surface area (Å²) in [5.41, 5.74) is 1.64. The molecular formula is C25H24ClNO5. The van der Waals surface area contributed by atoms with Crippen LogP contribution in [0.3, 0.4) is 0 Å². The minimum Gasteiger partial charge on any atom is -0.465 e. The fourth-order valence-corrected chi connectivity index (χ4v) is 3.29. The monoisotopic (exact) mass is 453 g/mol. The Labute approximate surface area is 191 Å². The first-order valence-corrected chi connectivity index (χ1v) is 10.6. The molecule has 0 aliphatic heterocycles. The minimum absolute atomic E-state index is 0.557. The van der Waals surface area contributed by atoms with Gasteiger partial charge < -0.3 is 14.6 Å². The highest BCUT2D eigenvalue weighted by molar-refractivity contribution is 6.30. The Hall–Kier alpha value is -3.51. The predicted octanol–water partition coefficient (Wildman–Crippen LogP) is 6.77. The van der Waals surface area contributed by atoms with E-state index in [1.54, 1.807) is 55.5 Å². The zero-order valence-electron chi connectivity index (χ0n) is 17.8. The van der Waals surface area contributed by atoms with Gasteiger partial charge in [0.15, 0.2) is 0 Å². The Morgan fingerprint density at radius 1 is 0.969 bits per heavy atom. The maximum absolute atomic E-state index is 12.0. The van der Waals surface area contributed by atoms with Gasteiger partial charge in [-0.05, 0) is 79.1 Å². The van der Waals surface area contributed by atoms with Crippen molar-refractivity contribution in [1.82, 2.24) is 5.32 Å². The topological polar surface area (TPSA) is 84.9 Å². The molecule has 3 aromatic rings. The van der Waals surface area contributed by atoms with Crippen LogP contribution in [0.1, 0.15) is 37.3 Å². The fraction of sp³-hybridized carbons (Fsp3) is 0.200. The number of imide groups is 1. The van der Waals surface area contributed by atoms with Gasteiger partial charge in [-0.15, -0.1) is 0 Å². The molecule has 1 atom stereocenters. The van der Waals surface area contributed by atoms with Gasteiger partial charge in [0.2, 0.25) is 5.91 Å². The van der Waals surface area contributed by atoms with E-state index in [0.29, 0.717) is 33.6 Å². The lowest BCUT2D eigenvalue weighted by atomic mass is 10.0. The SMILES string of the molecule is CCCc1cc(Oc2ccc(Cl)cc2)ccc1Oc1cccc(C(C)C(=O)NC(=O)O)c1. The Kier molecular flexibility index (Phi) is 7.73. The lowest BCUT2D eigenvalue weighted by molar-refractivity contribution is -0.121. The van der Waals surface area contributed by atoms with E-state index >= 15 is 0 Å². The average Bonchev–Trinajstić information content (AvgIpc) is 2.76. The smallest absolute Gasteiger partial charge is 0.411 e. The van der Waals surface area contributed by atoms with E-state index in [4.69, 9.17) is 26.2 Å². The summed E-state index contributed by atoms with van der Waals surface area (Å²) in [6.07, 6.45) is 0.344. The first-order chi connectivity index (χ1) is 15.4. The second-order valence-corrected chi connectivity index (χ2v) is 7.70. The molecule has 0 radical (unpaired) electrons. The molecule has 7 heteroatoms. The highest BCUT2D eigenvalue weighted by Gasteiger charge is 2.18. The molecule has 2 N–H and O–H groups in total. The third-order valence-electron chi connectivity index (χ3n) is 4.81. The molecule has 0 aliphatic carbocycles. The molecule has 6 nitrogen and oxygen atoms in total. The quantitative estimate of drug-likeness (QED) is 0.393. The van der Waals surface area contributed by atoms with Crippen LogP contribution in [0, 0.1) is 0 Å². The third-order valence-corrected chi connectivity index (χ3v) is 5.06. The number of aryl methyl sites for hydroxylation is 1. The molecule has 0 aromatic heterocycles. The van der Waals surface area contributed by atoms with Gasteiger partial charge in [-0.3, -0.25) is 10.1 Å². The number of amides is 2. The van der Waals surface area contributed by atoms with Crippen LogP contribution in [0.2, 0.25) is 5.02 Å². The molecule has 2 amide bonds. The number of carbonyl (C=O) groups is 2. The van der Waals surface area contributed by atoms with E-state index in [1.165, 1.54) is 0 Å². The van der Waals surface area contributed by atoms with Crippen molar-refractivity contribution < 1.29 is 24.2 Å². The first kappa shape index (κ1) is 23.2. The van der Waals surface area contributed by atoms with E-state index in [1.807, 2.05) is 23.5 Å². The molecule has 0 saturated heterocycles.